The largest absolute Gasteiger partial charge is 0.351 e. The second-order valence-corrected chi connectivity index (χ2v) is 6.35. The average Bonchev–Trinajstić information content (AvgIpc) is 2.93. The summed E-state index contributed by atoms with van der Waals surface area (Å²) >= 11 is 0. The third kappa shape index (κ3) is 3.74. The Labute approximate surface area is 157 Å². The summed E-state index contributed by atoms with van der Waals surface area (Å²) in [7, 11) is 0. The summed E-state index contributed by atoms with van der Waals surface area (Å²) in [6, 6.07) is 18.0. The minimum atomic E-state index is -1.24. The maximum absolute atomic E-state index is 13.3. The van der Waals surface area contributed by atoms with Crippen molar-refractivity contribution >= 4 is 17.8 Å². The highest BCUT2D eigenvalue weighted by molar-refractivity contribution is 6.09. The number of nitrogens with one attached hydrogen (secondary N) is 2. The van der Waals surface area contributed by atoms with Gasteiger partial charge in [-0.05, 0) is 11.1 Å². The van der Waals surface area contributed by atoms with Crippen molar-refractivity contribution < 1.29 is 14.4 Å². The Hall–Kier alpha value is -3.41. The Balaban J connectivity index is 1.94. The zero-order valence-electron chi connectivity index (χ0n) is 14.9. The number of nitrogens with zero attached hydrogens (tertiary/aromatic N) is 1. The summed E-state index contributed by atoms with van der Waals surface area (Å²) in [5.74, 6) is -0.849. The van der Waals surface area contributed by atoms with Crippen LogP contribution in [0, 0.1) is 0 Å². The summed E-state index contributed by atoms with van der Waals surface area (Å²) in [6.07, 6.45) is 1.83. The first kappa shape index (κ1) is 18.4. The Morgan fingerprint density at radius 1 is 1.07 bits per heavy atom. The normalized spacial score (nSPS) is 18.9. The van der Waals surface area contributed by atoms with Gasteiger partial charge in [-0.15, -0.1) is 6.58 Å². The van der Waals surface area contributed by atoms with Crippen molar-refractivity contribution in [3.63, 3.8) is 0 Å². The first-order valence-corrected chi connectivity index (χ1v) is 8.68. The van der Waals surface area contributed by atoms with Crippen LogP contribution in [-0.2, 0) is 21.5 Å². The molecular formula is C21H21N3O3. The summed E-state index contributed by atoms with van der Waals surface area (Å²) < 4.78 is 0. The van der Waals surface area contributed by atoms with Crippen molar-refractivity contribution in [2.75, 3.05) is 13.1 Å². The first-order chi connectivity index (χ1) is 13.1. The first-order valence-electron chi connectivity index (χ1n) is 8.68. The van der Waals surface area contributed by atoms with E-state index in [-0.39, 0.29) is 13.1 Å². The third-order valence-electron chi connectivity index (χ3n) is 4.50. The van der Waals surface area contributed by atoms with E-state index in [0.29, 0.717) is 12.0 Å². The van der Waals surface area contributed by atoms with Gasteiger partial charge in [0, 0.05) is 13.0 Å². The minimum absolute atomic E-state index is 0.274. The van der Waals surface area contributed by atoms with E-state index in [9.17, 15) is 14.4 Å². The molecule has 2 aromatic rings. The van der Waals surface area contributed by atoms with E-state index in [2.05, 4.69) is 17.2 Å². The van der Waals surface area contributed by atoms with Gasteiger partial charge in [-0.25, -0.2) is 4.79 Å². The van der Waals surface area contributed by atoms with E-state index < -0.39 is 23.4 Å². The van der Waals surface area contributed by atoms with E-state index >= 15 is 0 Å². The van der Waals surface area contributed by atoms with E-state index in [1.807, 2.05) is 60.7 Å². The predicted octanol–water partition coefficient (Wildman–Crippen LogP) is 1.98. The fraction of sp³-hybridized carbons (Fsp3) is 0.190. The highest BCUT2D eigenvalue weighted by Gasteiger charge is 2.52. The number of rotatable bonds is 7. The predicted molar refractivity (Wildman–Crippen MR) is 102 cm³/mol. The molecular weight excluding hydrogens is 342 g/mol. The van der Waals surface area contributed by atoms with Crippen LogP contribution < -0.4 is 10.6 Å². The third-order valence-corrected chi connectivity index (χ3v) is 4.50. The molecule has 1 aliphatic rings. The second kappa shape index (κ2) is 7.86. The monoisotopic (exact) mass is 363 g/mol. The molecule has 4 amide bonds. The number of benzene rings is 2. The fourth-order valence-corrected chi connectivity index (χ4v) is 3.20. The van der Waals surface area contributed by atoms with Gasteiger partial charge in [0.05, 0.1) is 0 Å². The van der Waals surface area contributed by atoms with Crippen molar-refractivity contribution in [2.24, 2.45) is 0 Å². The molecule has 1 fully saturated rings. The molecule has 0 aromatic heterocycles. The lowest BCUT2D eigenvalue weighted by atomic mass is 9.83. The molecule has 27 heavy (non-hydrogen) atoms. The molecule has 6 heteroatoms. The number of hydrogen-bond acceptors (Lipinski definition) is 3. The molecule has 6 nitrogen and oxygen atoms in total. The molecule has 1 aliphatic heterocycles. The zero-order chi connectivity index (χ0) is 19.3. The van der Waals surface area contributed by atoms with Crippen LogP contribution in [0.4, 0.5) is 4.79 Å². The van der Waals surface area contributed by atoms with Gasteiger partial charge in [-0.1, -0.05) is 66.7 Å². The van der Waals surface area contributed by atoms with Gasteiger partial charge >= 0.3 is 6.03 Å². The second-order valence-electron chi connectivity index (χ2n) is 6.35. The van der Waals surface area contributed by atoms with Crippen LogP contribution in [0.15, 0.2) is 73.3 Å². The number of amides is 4. The number of imide groups is 1. The quantitative estimate of drug-likeness (QED) is 0.583. The SMILES string of the molecule is C=CCNC(=O)CN1C(=O)N[C@@](Cc2ccccc2)(c2ccccc2)C1=O. The molecule has 2 N–H and O–H groups in total. The lowest BCUT2D eigenvalue weighted by Crippen LogP contribution is -2.47. The van der Waals surface area contributed by atoms with Crippen LogP contribution in [0.3, 0.4) is 0 Å². The van der Waals surface area contributed by atoms with Crippen LogP contribution in [0.5, 0.6) is 0 Å². The molecule has 0 spiro atoms. The fourth-order valence-electron chi connectivity index (χ4n) is 3.20. The summed E-state index contributed by atoms with van der Waals surface area (Å²) in [6.45, 7) is 3.47. The molecule has 0 radical (unpaired) electrons. The van der Waals surface area contributed by atoms with Gasteiger partial charge in [0.15, 0.2) is 5.54 Å². The Morgan fingerprint density at radius 3 is 2.33 bits per heavy atom. The lowest BCUT2D eigenvalue weighted by molar-refractivity contribution is -0.135. The average molecular weight is 363 g/mol. The standard InChI is InChI=1S/C21H21N3O3/c1-2-13-22-18(25)15-24-19(26)21(23-20(24)27,17-11-7-4-8-12-17)14-16-9-5-3-6-10-16/h2-12H,1,13-15H2,(H,22,25)(H,23,27)/t21-/m0/s1. The van der Waals surface area contributed by atoms with Crippen molar-refractivity contribution in [3.05, 3.63) is 84.4 Å². The van der Waals surface area contributed by atoms with Crippen LogP contribution >= 0.6 is 0 Å². The molecule has 1 heterocycles. The van der Waals surface area contributed by atoms with Crippen LogP contribution in [0.25, 0.3) is 0 Å². The van der Waals surface area contributed by atoms with Crippen molar-refractivity contribution in [1.29, 1.82) is 0 Å². The van der Waals surface area contributed by atoms with E-state index in [4.69, 9.17) is 0 Å². The zero-order valence-corrected chi connectivity index (χ0v) is 14.9. The highest BCUT2D eigenvalue weighted by atomic mass is 16.2. The Bertz CT molecular complexity index is 851. The molecule has 138 valence electrons. The van der Waals surface area contributed by atoms with Gasteiger partial charge in [0.1, 0.15) is 6.54 Å². The summed E-state index contributed by atoms with van der Waals surface area (Å²) in [4.78, 5) is 38.9. The number of carbonyl (C=O) groups is 3. The summed E-state index contributed by atoms with van der Waals surface area (Å²) in [5, 5.41) is 5.42. The maximum atomic E-state index is 13.3. The number of hydrogen-bond donors (Lipinski definition) is 2. The van der Waals surface area contributed by atoms with Crippen molar-refractivity contribution in [1.82, 2.24) is 15.5 Å². The van der Waals surface area contributed by atoms with Gasteiger partial charge in [-0.2, -0.15) is 0 Å². The van der Waals surface area contributed by atoms with Crippen LogP contribution in [0.1, 0.15) is 11.1 Å². The van der Waals surface area contributed by atoms with Gasteiger partial charge in [0.25, 0.3) is 5.91 Å². The summed E-state index contributed by atoms with van der Waals surface area (Å²) in [5.41, 5.74) is 0.354. The van der Waals surface area contributed by atoms with Gasteiger partial charge < -0.3 is 10.6 Å². The molecule has 1 saturated heterocycles. The smallest absolute Gasteiger partial charge is 0.325 e. The molecule has 0 unspecified atom stereocenters. The lowest BCUT2D eigenvalue weighted by Gasteiger charge is -2.27. The maximum Gasteiger partial charge on any atom is 0.325 e. The Morgan fingerprint density at radius 2 is 1.70 bits per heavy atom. The van der Waals surface area contributed by atoms with Crippen LogP contribution in [0.2, 0.25) is 0 Å². The minimum Gasteiger partial charge on any atom is -0.351 e. The van der Waals surface area contributed by atoms with Crippen molar-refractivity contribution in [3.8, 4) is 0 Å². The highest BCUT2D eigenvalue weighted by Crippen LogP contribution is 2.32. The van der Waals surface area contributed by atoms with Crippen LogP contribution in [-0.4, -0.2) is 35.8 Å². The topological polar surface area (TPSA) is 78.5 Å². The number of carbonyl (C=O) groups excluding carboxylic acids is 3. The molecule has 2 aromatic carbocycles. The molecule has 1 atom stereocenters. The van der Waals surface area contributed by atoms with Crippen molar-refractivity contribution in [2.45, 2.75) is 12.0 Å². The number of urea groups is 1. The molecule has 0 bridgehead atoms. The molecule has 3 rings (SSSR count). The van der Waals surface area contributed by atoms with Gasteiger partial charge in [-0.3, -0.25) is 14.5 Å². The van der Waals surface area contributed by atoms with E-state index in [1.165, 1.54) is 6.08 Å². The van der Waals surface area contributed by atoms with E-state index in [1.54, 1.807) is 0 Å². The van der Waals surface area contributed by atoms with E-state index in [0.717, 1.165) is 10.5 Å². The van der Waals surface area contributed by atoms with Gasteiger partial charge in [0.2, 0.25) is 5.91 Å². The molecule has 0 aliphatic carbocycles. The molecule has 0 saturated carbocycles. The Kier molecular flexibility index (Phi) is 5.35.